The molecule has 108 valence electrons. The molecule has 0 aliphatic carbocycles. The molecule has 0 saturated carbocycles. The maximum atomic E-state index is 12.9. The van der Waals surface area contributed by atoms with Gasteiger partial charge in [0.05, 0.1) is 10.9 Å². The number of rotatable bonds is 3. The number of hydrogen-bond acceptors (Lipinski definition) is 2. The van der Waals surface area contributed by atoms with E-state index in [1.165, 1.54) is 6.26 Å². The molecule has 2 heteroatoms. The first-order valence-electron chi connectivity index (χ1n) is 7.15. The third-order valence-electron chi connectivity index (χ3n) is 3.67. The average Bonchev–Trinajstić information content (AvgIpc) is 2.56. The summed E-state index contributed by atoms with van der Waals surface area (Å²) in [7, 11) is 0. The van der Waals surface area contributed by atoms with E-state index in [9.17, 15) is 4.79 Å². The zero-order chi connectivity index (χ0) is 15.5. The van der Waals surface area contributed by atoms with Crippen LogP contribution < -0.4 is 5.43 Å². The molecular weight excluding hydrogens is 272 g/mol. The van der Waals surface area contributed by atoms with E-state index in [2.05, 4.69) is 6.58 Å². The lowest BCUT2D eigenvalue weighted by Crippen LogP contribution is -2.07. The fourth-order valence-corrected chi connectivity index (χ4v) is 2.56. The van der Waals surface area contributed by atoms with Gasteiger partial charge in [-0.15, -0.1) is 0 Å². The molecule has 0 amide bonds. The minimum absolute atomic E-state index is 0.0336. The molecule has 0 aliphatic rings. The summed E-state index contributed by atoms with van der Waals surface area (Å²) in [5, 5.41) is 2.55. The van der Waals surface area contributed by atoms with Crippen molar-refractivity contribution in [2.45, 2.75) is 6.92 Å². The topological polar surface area (TPSA) is 30.2 Å². The van der Waals surface area contributed by atoms with Crippen LogP contribution in [0.5, 0.6) is 0 Å². The van der Waals surface area contributed by atoms with E-state index in [1.54, 1.807) is 6.08 Å². The summed E-state index contributed by atoms with van der Waals surface area (Å²) in [6.07, 6.45) is 8.82. The second-order valence-electron chi connectivity index (χ2n) is 4.99. The highest BCUT2D eigenvalue weighted by atomic mass is 16.3. The van der Waals surface area contributed by atoms with Crippen molar-refractivity contribution in [3.05, 3.63) is 89.3 Å². The Morgan fingerprint density at radius 2 is 2.00 bits per heavy atom. The molecular formula is C20H16O2. The highest BCUT2D eigenvalue weighted by molar-refractivity contribution is 6.06. The Morgan fingerprint density at radius 3 is 2.77 bits per heavy atom. The fourth-order valence-electron chi connectivity index (χ4n) is 2.56. The van der Waals surface area contributed by atoms with Crippen molar-refractivity contribution < 1.29 is 4.42 Å². The van der Waals surface area contributed by atoms with E-state index in [0.29, 0.717) is 16.5 Å². The molecule has 0 atom stereocenters. The van der Waals surface area contributed by atoms with E-state index in [4.69, 9.17) is 4.42 Å². The van der Waals surface area contributed by atoms with Gasteiger partial charge in [0.15, 0.2) is 0 Å². The highest BCUT2D eigenvalue weighted by Gasteiger charge is 2.11. The molecule has 0 saturated heterocycles. The van der Waals surface area contributed by atoms with Gasteiger partial charge in [0.25, 0.3) is 0 Å². The minimum atomic E-state index is -0.0336. The van der Waals surface area contributed by atoms with Crippen LogP contribution >= 0.6 is 0 Å². The van der Waals surface area contributed by atoms with Crippen molar-refractivity contribution in [2.24, 2.45) is 0 Å². The molecule has 0 unspecified atom stereocenters. The maximum Gasteiger partial charge on any atom is 0.201 e. The lowest BCUT2D eigenvalue weighted by Gasteiger charge is -2.06. The molecule has 3 rings (SSSR count). The second kappa shape index (κ2) is 5.86. The molecule has 1 aromatic heterocycles. The Hall–Kier alpha value is -2.87. The Bertz CT molecular complexity index is 972. The maximum absolute atomic E-state index is 12.9. The summed E-state index contributed by atoms with van der Waals surface area (Å²) in [5.41, 5.74) is 1.84. The highest BCUT2D eigenvalue weighted by Crippen LogP contribution is 2.24. The molecule has 0 aliphatic heterocycles. The van der Waals surface area contributed by atoms with Crippen LogP contribution in [0.2, 0.25) is 0 Å². The predicted octanol–water partition coefficient (Wildman–Crippen LogP) is 5.09. The molecule has 0 radical (unpaired) electrons. The summed E-state index contributed by atoms with van der Waals surface area (Å²) < 4.78 is 5.68. The number of hydrogen-bond donors (Lipinski definition) is 0. The molecule has 3 aromatic rings. The lowest BCUT2D eigenvalue weighted by atomic mass is 10.0. The van der Waals surface area contributed by atoms with Crippen LogP contribution in [0.4, 0.5) is 0 Å². The fraction of sp³-hybridized carbons (Fsp3) is 0.0500. The van der Waals surface area contributed by atoms with Gasteiger partial charge < -0.3 is 4.42 Å². The van der Waals surface area contributed by atoms with Gasteiger partial charge in [-0.2, -0.15) is 0 Å². The Kier molecular flexibility index (Phi) is 3.75. The normalized spacial score (nSPS) is 12.3. The number of allylic oxidation sites excluding steroid dienone is 5. The summed E-state index contributed by atoms with van der Waals surface area (Å²) in [6.45, 7) is 5.72. The number of fused-ring (bicyclic) bond motifs is 3. The quantitative estimate of drug-likeness (QED) is 0.496. The summed E-state index contributed by atoms with van der Waals surface area (Å²) in [4.78, 5) is 12.9. The van der Waals surface area contributed by atoms with Crippen molar-refractivity contribution in [3.63, 3.8) is 0 Å². The van der Waals surface area contributed by atoms with Gasteiger partial charge in [-0.25, -0.2) is 0 Å². The predicted molar refractivity (Wildman–Crippen MR) is 93.0 cm³/mol. The first kappa shape index (κ1) is 14.1. The van der Waals surface area contributed by atoms with Crippen LogP contribution in [0, 0.1) is 0 Å². The lowest BCUT2D eigenvalue weighted by molar-refractivity contribution is 0.601. The van der Waals surface area contributed by atoms with Gasteiger partial charge in [0.2, 0.25) is 5.43 Å². The van der Waals surface area contributed by atoms with Gasteiger partial charge in [-0.05, 0) is 29.3 Å². The van der Waals surface area contributed by atoms with E-state index in [1.807, 2.05) is 61.5 Å². The first-order chi connectivity index (χ1) is 10.8. The van der Waals surface area contributed by atoms with Gasteiger partial charge in [0, 0.05) is 0 Å². The molecule has 0 fully saturated rings. The summed E-state index contributed by atoms with van der Waals surface area (Å²) in [6, 6.07) is 11.6. The minimum Gasteiger partial charge on any atom is -0.463 e. The zero-order valence-corrected chi connectivity index (χ0v) is 12.4. The van der Waals surface area contributed by atoms with Gasteiger partial charge >= 0.3 is 0 Å². The van der Waals surface area contributed by atoms with Gasteiger partial charge in [-0.3, -0.25) is 4.79 Å². The molecule has 22 heavy (non-hydrogen) atoms. The van der Waals surface area contributed by atoms with Crippen molar-refractivity contribution in [1.29, 1.82) is 0 Å². The van der Waals surface area contributed by atoms with Crippen molar-refractivity contribution in [1.82, 2.24) is 0 Å². The molecule has 0 N–H and O–H groups in total. The summed E-state index contributed by atoms with van der Waals surface area (Å²) in [5.74, 6) is 0. The van der Waals surface area contributed by atoms with Crippen molar-refractivity contribution >= 4 is 27.3 Å². The Labute approximate surface area is 128 Å². The third-order valence-corrected chi connectivity index (χ3v) is 3.67. The molecule has 0 spiro atoms. The molecule has 1 heterocycles. The van der Waals surface area contributed by atoms with E-state index >= 15 is 0 Å². The van der Waals surface area contributed by atoms with Crippen molar-refractivity contribution in [3.8, 4) is 0 Å². The molecule has 2 aromatic carbocycles. The Morgan fingerprint density at radius 1 is 1.18 bits per heavy atom. The number of benzene rings is 2. The second-order valence-corrected chi connectivity index (χ2v) is 4.99. The van der Waals surface area contributed by atoms with Crippen molar-refractivity contribution in [2.75, 3.05) is 0 Å². The first-order valence-corrected chi connectivity index (χ1v) is 7.15. The zero-order valence-electron chi connectivity index (χ0n) is 12.4. The SMILES string of the molecule is C=C/C(=C\C=C\C)c1coc2ccc3ccccc3c2c1=O. The standard InChI is InChI=1S/C20H16O2/c1-3-5-8-14(4-2)17-13-22-18-12-11-15-9-6-7-10-16(15)19(18)20(17)21/h3-13H,2H2,1H3/b5-3+,14-8+. The van der Waals surface area contributed by atoms with E-state index in [-0.39, 0.29) is 5.43 Å². The van der Waals surface area contributed by atoms with Crippen LogP contribution in [-0.4, -0.2) is 0 Å². The molecule has 0 bridgehead atoms. The van der Waals surface area contributed by atoms with Gasteiger partial charge in [0.1, 0.15) is 11.8 Å². The van der Waals surface area contributed by atoms with E-state index in [0.717, 1.165) is 16.3 Å². The van der Waals surface area contributed by atoms with Crippen LogP contribution in [0.25, 0.3) is 27.3 Å². The van der Waals surface area contributed by atoms with Gasteiger partial charge in [-0.1, -0.05) is 61.2 Å². The van der Waals surface area contributed by atoms with Crippen LogP contribution in [-0.2, 0) is 0 Å². The van der Waals surface area contributed by atoms with Crippen LogP contribution in [0.15, 0.2) is 82.8 Å². The van der Waals surface area contributed by atoms with Crippen LogP contribution in [0.3, 0.4) is 0 Å². The smallest absolute Gasteiger partial charge is 0.201 e. The largest absolute Gasteiger partial charge is 0.463 e. The third kappa shape index (κ3) is 2.29. The Balaban J connectivity index is 2.40. The van der Waals surface area contributed by atoms with Crippen LogP contribution in [0.1, 0.15) is 12.5 Å². The van der Waals surface area contributed by atoms with E-state index < -0.39 is 0 Å². The monoisotopic (exact) mass is 288 g/mol. The summed E-state index contributed by atoms with van der Waals surface area (Å²) >= 11 is 0. The average molecular weight is 288 g/mol. The molecule has 2 nitrogen and oxygen atoms in total.